The van der Waals surface area contributed by atoms with E-state index in [2.05, 4.69) is 33.2 Å². The normalized spacial score (nSPS) is 12.2. The summed E-state index contributed by atoms with van der Waals surface area (Å²) < 4.78 is 12.6. The maximum absolute atomic E-state index is 13.0. The molecule has 2 atom stereocenters. The first-order chi connectivity index (χ1) is 19.8. The summed E-state index contributed by atoms with van der Waals surface area (Å²) in [6.45, 7) is 0. The van der Waals surface area contributed by atoms with Crippen molar-refractivity contribution in [3.8, 4) is 11.5 Å². The highest BCUT2D eigenvalue weighted by Gasteiger charge is 2.31. The van der Waals surface area contributed by atoms with Crippen LogP contribution in [0.1, 0.15) is 22.0 Å². The molecule has 0 unspecified atom stereocenters. The van der Waals surface area contributed by atoms with Gasteiger partial charge in [0.2, 0.25) is 5.91 Å². The highest BCUT2D eigenvalue weighted by atomic mass is 127. The molecule has 0 bridgehead atoms. The Bertz CT molecular complexity index is 1550. The van der Waals surface area contributed by atoms with E-state index in [1.54, 1.807) is 97.1 Å². The van der Waals surface area contributed by atoms with Crippen molar-refractivity contribution in [2.75, 3.05) is 11.1 Å². The van der Waals surface area contributed by atoms with Gasteiger partial charge in [-0.05, 0) is 83.3 Å². The molecule has 0 aliphatic rings. The lowest BCUT2D eigenvalue weighted by Gasteiger charge is -2.27. The van der Waals surface area contributed by atoms with Crippen LogP contribution in [0.5, 0.6) is 11.5 Å². The Kier molecular flexibility index (Phi) is 9.94. The zero-order valence-electron chi connectivity index (χ0n) is 21.6. The predicted octanol–water partition coefficient (Wildman–Crippen LogP) is 5.83. The fourth-order valence-corrected chi connectivity index (χ4v) is 4.30. The second kappa shape index (κ2) is 14.0. The van der Waals surface area contributed by atoms with Crippen LogP contribution < -0.4 is 21.1 Å². The molecule has 0 saturated carbocycles. The Morgan fingerprint density at radius 2 is 1.54 bits per heavy atom. The third-order valence-electron chi connectivity index (χ3n) is 5.75. The van der Waals surface area contributed by atoms with Crippen molar-refractivity contribution in [2.45, 2.75) is 12.2 Å². The smallest absolute Gasteiger partial charge is 0.414 e. The van der Waals surface area contributed by atoms with Crippen molar-refractivity contribution in [2.24, 2.45) is 0 Å². The summed E-state index contributed by atoms with van der Waals surface area (Å²) in [5.41, 5.74) is 7.20. The topological polar surface area (TPSA) is 140 Å². The van der Waals surface area contributed by atoms with Gasteiger partial charge in [-0.2, -0.15) is 0 Å². The summed E-state index contributed by atoms with van der Waals surface area (Å²) >= 11 is 2.06. The van der Waals surface area contributed by atoms with Crippen LogP contribution in [0, 0.1) is 3.57 Å². The largest absolute Gasteiger partial charge is 0.508 e. The molecule has 41 heavy (non-hydrogen) atoms. The van der Waals surface area contributed by atoms with Crippen LogP contribution in [0.4, 0.5) is 16.2 Å². The average molecular weight is 663 g/mol. The number of carbonyl (C=O) groups is 3. The zero-order chi connectivity index (χ0) is 29.2. The number of amides is 3. The van der Waals surface area contributed by atoms with Crippen LogP contribution in [0.3, 0.4) is 0 Å². The number of phenols is 1. The van der Waals surface area contributed by atoms with E-state index in [0.29, 0.717) is 17.1 Å². The number of nitrogen functional groups attached to an aromatic ring is 1. The molecule has 0 aliphatic heterocycles. The lowest BCUT2D eigenvalue weighted by atomic mass is 10.0. The fourth-order valence-electron chi connectivity index (χ4n) is 3.79. The molecule has 3 amide bonds. The molecule has 0 spiro atoms. The van der Waals surface area contributed by atoms with Gasteiger partial charge in [0.15, 0.2) is 12.2 Å². The number of nitrogens with one attached hydrogen (secondary N) is 2. The minimum Gasteiger partial charge on any atom is -0.508 e. The molecule has 208 valence electrons. The molecule has 10 heteroatoms. The van der Waals surface area contributed by atoms with E-state index in [-0.39, 0.29) is 16.9 Å². The molecule has 0 aliphatic carbocycles. The third-order valence-corrected chi connectivity index (χ3v) is 6.42. The Labute approximate surface area is 250 Å². The number of hydrogen-bond donors (Lipinski definition) is 4. The van der Waals surface area contributed by atoms with E-state index in [1.807, 2.05) is 0 Å². The van der Waals surface area contributed by atoms with Gasteiger partial charge in [0.1, 0.15) is 11.5 Å². The van der Waals surface area contributed by atoms with Crippen LogP contribution in [-0.4, -0.2) is 29.1 Å². The number of carbonyl (C=O) groups excluding carboxylic acids is 3. The van der Waals surface area contributed by atoms with Crippen molar-refractivity contribution in [3.63, 3.8) is 0 Å². The van der Waals surface area contributed by atoms with Gasteiger partial charge >= 0.3 is 6.09 Å². The van der Waals surface area contributed by atoms with Crippen LogP contribution in [0.15, 0.2) is 115 Å². The van der Waals surface area contributed by atoms with Crippen molar-refractivity contribution in [1.29, 1.82) is 0 Å². The van der Waals surface area contributed by atoms with Gasteiger partial charge in [0.25, 0.3) is 5.91 Å². The number of para-hydroxylation sites is 3. The van der Waals surface area contributed by atoms with E-state index < -0.39 is 30.1 Å². The van der Waals surface area contributed by atoms with Gasteiger partial charge < -0.3 is 25.6 Å². The van der Waals surface area contributed by atoms with Crippen molar-refractivity contribution in [1.82, 2.24) is 5.32 Å². The lowest BCUT2D eigenvalue weighted by Crippen LogP contribution is -2.36. The maximum Gasteiger partial charge on any atom is 0.414 e. The average Bonchev–Trinajstić information content (AvgIpc) is 2.97. The molecule has 4 aromatic carbocycles. The van der Waals surface area contributed by atoms with E-state index in [0.717, 1.165) is 3.57 Å². The summed E-state index contributed by atoms with van der Waals surface area (Å²) in [4.78, 5) is 38.4. The van der Waals surface area contributed by atoms with Crippen molar-refractivity contribution in [3.05, 3.63) is 130 Å². The molecule has 0 fully saturated rings. The van der Waals surface area contributed by atoms with Crippen LogP contribution >= 0.6 is 22.6 Å². The Morgan fingerprint density at radius 3 is 2.24 bits per heavy atom. The van der Waals surface area contributed by atoms with E-state index in [1.165, 1.54) is 18.2 Å². The number of ether oxygens (including phenoxy) is 2. The minimum atomic E-state index is -1.28. The van der Waals surface area contributed by atoms with Gasteiger partial charge in [0.05, 0.1) is 11.4 Å². The van der Waals surface area contributed by atoms with Crippen molar-refractivity contribution < 1.29 is 29.0 Å². The summed E-state index contributed by atoms with van der Waals surface area (Å²) in [7, 11) is 0. The maximum atomic E-state index is 13.0. The highest BCUT2D eigenvalue weighted by molar-refractivity contribution is 14.1. The Hall–Kier alpha value is -4.84. The lowest BCUT2D eigenvalue weighted by molar-refractivity contribution is -0.112. The summed E-state index contributed by atoms with van der Waals surface area (Å²) in [5.74, 6) is -0.945. The molecule has 0 heterocycles. The first kappa shape index (κ1) is 29.2. The first-order valence-electron chi connectivity index (χ1n) is 12.4. The zero-order valence-corrected chi connectivity index (χ0v) is 23.7. The standard InChI is InChI=1S/C31H26IN3O6/c32-21-15-16-26(36)23(19-21)29(41-31(39)35-30(38)20-9-3-1-4-10-20)27(40-22-11-5-2-6-12-22)17-18-28(37)34-25-14-8-7-13-24(25)33/h1-19,27,29,36H,33H2,(H,34,37)(H,35,38,39)/b18-17+/t27-,29-/m1/s1. The fraction of sp³-hybridized carbons (Fsp3) is 0.0645. The second-order valence-corrected chi connectivity index (χ2v) is 9.93. The molecular formula is C31H26IN3O6. The van der Waals surface area contributed by atoms with E-state index in [4.69, 9.17) is 15.2 Å². The number of anilines is 2. The van der Waals surface area contributed by atoms with Crippen LogP contribution in [0.2, 0.25) is 0 Å². The van der Waals surface area contributed by atoms with Gasteiger partial charge in [-0.3, -0.25) is 14.9 Å². The molecule has 4 rings (SSSR count). The minimum absolute atomic E-state index is 0.172. The number of hydrogen-bond acceptors (Lipinski definition) is 7. The van der Waals surface area contributed by atoms with Gasteiger partial charge in [-0.1, -0.05) is 48.5 Å². The van der Waals surface area contributed by atoms with Crippen molar-refractivity contribution >= 4 is 51.9 Å². The molecule has 4 aromatic rings. The number of halogens is 1. The number of benzene rings is 4. The number of alkyl carbamates (subject to hydrolysis) is 1. The highest BCUT2D eigenvalue weighted by Crippen LogP contribution is 2.34. The number of phenolic OH excluding ortho intramolecular Hbond substituents is 1. The monoisotopic (exact) mass is 663 g/mol. The third kappa shape index (κ3) is 8.32. The SMILES string of the molecule is Nc1ccccc1NC(=O)/C=C/[C@@H](Oc1ccccc1)[C@H](OC(=O)NC(=O)c1ccccc1)c1cc(I)ccc1O. The summed E-state index contributed by atoms with van der Waals surface area (Å²) in [6, 6.07) is 28.4. The summed E-state index contributed by atoms with van der Waals surface area (Å²) in [5, 5.41) is 15.6. The number of imide groups is 1. The molecule has 5 N–H and O–H groups in total. The molecule has 0 radical (unpaired) electrons. The molecule has 0 aromatic heterocycles. The van der Waals surface area contributed by atoms with E-state index >= 15 is 0 Å². The van der Waals surface area contributed by atoms with E-state index in [9.17, 15) is 19.5 Å². The van der Waals surface area contributed by atoms with Crippen LogP contribution in [-0.2, 0) is 9.53 Å². The number of aromatic hydroxyl groups is 1. The van der Waals surface area contributed by atoms with Gasteiger partial charge in [0, 0.05) is 20.8 Å². The molecule has 9 nitrogen and oxygen atoms in total. The van der Waals surface area contributed by atoms with Crippen LogP contribution in [0.25, 0.3) is 0 Å². The molecule has 0 saturated heterocycles. The van der Waals surface area contributed by atoms with Gasteiger partial charge in [-0.25, -0.2) is 4.79 Å². The predicted molar refractivity (Wildman–Crippen MR) is 163 cm³/mol. The summed E-state index contributed by atoms with van der Waals surface area (Å²) in [6.07, 6.45) is -0.845. The Balaban J connectivity index is 1.66. The number of rotatable bonds is 9. The van der Waals surface area contributed by atoms with Gasteiger partial charge in [-0.15, -0.1) is 0 Å². The first-order valence-corrected chi connectivity index (χ1v) is 13.5. The quantitative estimate of drug-likeness (QED) is 0.100. The number of nitrogens with two attached hydrogens (primary N) is 1. The Morgan fingerprint density at radius 1 is 0.878 bits per heavy atom. The second-order valence-electron chi connectivity index (χ2n) is 8.68. The molecular weight excluding hydrogens is 637 g/mol.